The van der Waals surface area contributed by atoms with Crippen LogP contribution in [0, 0.1) is 13.8 Å². The summed E-state index contributed by atoms with van der Waals surface area (Å²) in [6.45, 7) is 11.0. The van der Waals surface area contributed by atoms with Crippen LogP contribution < -0.4 is 9.47 Å². The van der Waals surface area contributed by atoms with E-state index in [1.54, 1.807) is 0 Å². The van der Waals surface area contributed by atoms with Gasteiger partial charge in [-0.05, 0) is 61.1 Å². The Morgan fingerprint density at radius 3 is 1.58 bits per heavy atom. The summed E-state index contributed by atoms with van der Waals surface area (Å²) in [7, 11) is 0. The van der Waals surface area contributed by atoms with E-state index in [0.29, 0.717) is 24.3 Å². The molecule has 4 rings (SSSR count). The molecule has 4 heteroatoms. The molecule has 3 aromatic carbocycles. The first kappa shape index (κ1) is 22.3. The number of esters is 2. The van der Waals surface area contributed by atoms with Crippen molar-refractivity contribution in [2.45, 2.75) is 32.1 Å². The molecule has 33 heavy (non-hydrogen) atoms. The smallest absolute Gasteiger partial charge is 0.335 e. The van der Waals surface area contributed by atoms with Gasteiger partial charge in [0, 0.05) is 28.7 Å². The van der Waals surface area contributed by atoms with Crippen LogP contribution >= 0.6 is 0 Å². The topological polar surface area (TPSA) is 52.6 Å². The molecule has 0 spiro atoms. The van der Waals surface area contributed by atoms with E-state index < -0.39 is 17.4 Å². The molecule has 0 unspecified atom stereocenters. The van der Waals surface area contributed by atoms with Gasteiger partial charge < -0.3 is 9.47 Å². The average molecular weight is 439 g/mol. The zero-order chi connectivity index (χ0) is 23.6. The Kier molecular flexibility index (Phi) is 6.01. The molecule has 0 aromatic heterocycles. The van der Waals surface area contributed by atoms with Crippen LogP contribution in [0.15, 0.2) is 86.0 Å². The Balaban J connectivity index is 1.98. The van der Waals surface area contributed by atoms with Crippen molar-refractivity contribution in [2.24, 2.45) is 0 Å². The van der Waals surface area contributed by atoms with Gasteiger partial charge in [0.1, 0.15) is 11.5 Å². The summed E-state index contributed by atoms with van der Waals surface area (Å²) >= 11 is 0. The molecule has 0 atom stereocenters. The highest BCUT2D eigenvalue weighted by atomic mass is 16.5. The Morgan fingerprint density at radius 1 is 0.758 bits per heavy atom. The Morgan fingerprint density at radius 2 is 1.18 bits per heavy atom. The molecule has 3 aromatic rings. The first-order chi connectivity index (χ1) is 15.9. The summed E-state index contributed by atoms with van der Waals surface area (Å²) < 4.78 is 11.4. The van der Waals surface area contributed by atoms with Crippen molar-refractivity contribution in [3.8, 4) is 11.5 Å². The van der Waals surface area contributed by atoms with Gasteiger partial charge in [0.25, 0.3) is 0 Å². The minimum Gasteiger partial charge on any atom is -0.423 e. The van der Waals surface area contributed by atoms with Crippen molar-refractivity contribution in [1.82, 2.24) is 0 Å². The lowest BCUT2D eigenvalue weighted by molar-refractivity contribution is -0.129. The fourth-order valence-electron chi connectivity index (χ4n) is 4.66. The molecule has 0 amide bonds. The molecule has 0 N–H and O–H groups in total. The zero-order valence-corrected chi connectivity index (χ0v) is 18.9. The molecule has 1 aliphatic carbocycles. The van der Waals surface area contributed by atoms with Crippen LogP contribution in [0.4, 0.5) is 0 Å². The molecule has 0 radical (unpaired) electrons. The van der Waals surface area contributed by atoms with Crippen molar-refractivity contribution in [2.75, 3.05) is 0 Å². The predicted octanol–water partition coefficient (Wildman–Crippen LogP) is 5.57. The molecule has 0 saturated heterocycles. The Bertz CT molecular complexity index is 1170. The molecular formula is C29H26O4. The van der Waals surface area contributed by atoms with Crippen molar-refractivity contribution in [3.63, 3.8) is 0 Å². The number of rotatable bonds is 6. The fraction of sp³-hybridized carbons (Fsp3) is 0.172. The van der Waals surface area contributed by atoms with Gasteiger partial charge in [0.05, 0.1) is 0 Å². The van der Waals surface area contributed by atoms with Crippen LogP contribution in [0.2, 0.25) is 0 Å². The second kappa shape index (κ2) is 8.91. The normalized spacial score (nSPS) is 13.6. The third-order valence-electron chi connectivity index (χ3n) is 6.16. The van der Waals surface area contributed by atoms with E-state index in [9.17, 15) is 9.59 Å². The second-order valence-electron chi connectivity index (χ2n) is 8.45. The van der Waals surface area contributed by atoms with Crippen molar-refractivity contribution < 1.29 is 19.1 Å². The van der Waals surface area contributed by atoms with Crippen LogP contribution in [0.1, 0.15) is 33.4 Å². The van der Waals surface area contributed by atoms with Crippen molar-refractivity contribution in [3.05, 3.63) is 119 Å². The number of ether oxygens (including phenoxy) is 2. The van der Waals surface area contributed by atoms with E-state index >= 15 is 0 Å². The summed E-state index contributed by atoms with van der Waals surface area (Å²) in [4.78, 5) is 24.4. The number of aryl methyl sites for hydroxylation is 2. The van der Waals surface area contributed by atoms with Gasteiger partial charge in [-0.15, -0.1) is 0 Å². The van der Waals surface area contributed by atoms with Crippen molar-refractivity contribution in [1.29, 1.82) is 0 Å². The van der Waals surface area contributed by atoms with Crippen LogP contribution in [-0.4, -0.2) is 11.9 Å². The number of hydrogen-bond donors (Lipinski definition) is 0. The molecule has 166 valence electrons. The quantitative estimate of drug-likeness (QED) is 0.287. The summed E-state index contributed by atoms with van der Waals surface area (Å²) in [6, 6.07) is 20.0. The minimum atomic E-state index is -0.599. The largest absolute Gasteiger partial charge is 0.423 e. The first-order valence-corrected chi connectivity index (χ1v) is 10.8. The molecule has 0 fully saturated rings. The van der Waals surface area contributed by atoms with Gasteiger partial charge in [0.15, 0.2) is 0 Å². The minimum absolute atomic E-state index is 0.481. The summed E-state index contributed by atoms with van der Waals surface area (Å²) in [5, 5.41) is 0. The highest BCUT2D eigenvalue weighted by molar-refractivity contribution is 5.84. The first-order valence-electron chi connectivity index (χ1n) is 10.8. The van der Waals surface area contributed by atoms with Crippen molar-refractivity contribution >= 4 is 11.9 Å². The van der Waals surface area contributed by atoms with E-state index in [0.717, 1.165) is 34.4 Å². The molecule has 0 heterocycles. The summed E-state index contributed by atoms with van der Waals surface area (Å²) in [6.07, 6.45) is 3.66. The maximum atomic E-state index is 12.2. The fourth-order valence-corrected chi connectivity index (χ4v) is 4.66. The molecule has 0 aliphatic heterocycles. The summed E-state index contributed by atoms with van der Waals surface area (Å²) in [5.74, 6) is -0.0759. The monoisotopic (exact) mass is 438 g/mol. The van der Waals surface area contributed by atoms with Crippen LogP contribution in [-0.2, 0) is 27.8 Å². The maximum Gasteiger partial charge on any atom is 0.335 e. The molecule has 4 nitrogen and oxygen atoms in total. The van der Waals surface area contributed by atoms with Crippen LogP contribution in [0.25, 0.3) is 0 Å². The number of benzene rings is 3. The summed E-state index contributed by atoms with van der Waals surface area (Å²) in [5.41, 5.74) is 5.48. The van der Waals surface area contributed by atoms with Gasteiger partial charge in [-0.25, -0.2) is 9.59 Å². The lowest BCUT2D eigenvalue weighted by Crippen LogP contribution is -2.31. The number of carbonyl (C=O) groups is 2. The molecular weight excluding hydrogens is 412 g/mol. The van der Waals surface area contributed by atoms with Gasteiger partial charge in [-0.1, -0.05) is 61.7 Å². The van der Waals surface area contributed by atoms with E-state index in [2.05, 4.69) is 25.3 Å². The molecule has 0 saturated carbocycles. The number of hydrogen-bond acceptors (Lipinski definition) is 4. The third-order valence-corrected chi connectivity index (χ3v) is 6.16. The third kappa shape index (κ3) is 4.24. The predicted molar refractivity (Wildman–Crippen MR) is 129 cm³/mol. The average Bonchev–Trinajstić information content (AvgIpc) is 3.19. The van der Waals surface area contributed by atoms with Crippen LogP contribution in [0.3, 0.4) is 0 Å². The van der Waals surface area contributed by atoms with E-state index in [-0.39, 0.29) is 0 Å². The van der Waals surface area contributed by atoms with Gasteiger partial charge >= 0.3 is 11.9 Å². The van der Waals surface area contributed by atoms with E-state index in [1.807, 2.05) is 62.4 Å². The SMILES string of the molecule is C=CC(=O)Oc1cc(C)ccc1C1(c2ccc(C)cc2OC(=O)C=C)Cc2ccccc2C1. The lowest BCUT2D eigenvalue weighted by Gasteiger charge is -2.33. The van der Waals surface area contributed by atoms with E-state index in [4.69, 9.17) is 9.47 Å². The zero-order valence-electron chi connectivity index (χ0n) is 18.9. The lowest BCUT2D eigenvalue weighted by atomic mass is 9.71. The molecule has 1 aliphatic rings. The number of fused-ring (bicyclic) bond motifs is 1. The second-order valence-corrected chi connectivity index (χ2v) is 8.45. The van der Waals surface area contributed by atoms with Crippen LogP contribution in [0.5, 0.6) is 11.5 Å². The highest BCUT2D eigenvalue weighted by Crippen LogP contribution is 2.50. The van der Waals surface area contributed by atoms with E-state index in [1.165, 1.54) is 11.1 Å². The molecule has 0 bridgehead atoms. The van der Waals surface area contributed by atoms with Gasteiger partial charge in [-0.3, -0.25) is 0 Å². The Hall–Kier alpha value is -3.92. The standard InChI is InChI=1S/C29H26O4/c1-5-27(30)32-25-15-19(3)11-13-23(25)29(17-21-9-7-8-10-22(21)18-29)24-14-12-20(4)16-26(24)33-28(31)6-2/h5-16H,1-2,17-18H2,3-4H3. The highest BCUT2D eigenvalue weighted by Gasteiger charge is 2.44. The Labute approximate surface area is 194 Å². The number of carbonyl (C=O) groups excluding carboxylic acids is 2. The van der Waals surface area contributed by atoms with Gasteiger partial charge in [0.2, 0.25) is 0 Å². The maximum absolute atomic E-state index is 12.2. The van der Waals surface area contributed by atoms with Gasteiger partial charge in [-0.2, -0.15) is 0 Å².